The Morgan fingerprint density at radius 1 is 0.361 bits per heavy atom. The highest BCUT2D eigenvalue weighted by molar-refractivity contribution is 8.32. The van der Waals surface area contributed by atoms with Gasteiger partial charge in [-0.2, -0.15) is 9.97 Å². The fourth-order valence-corrected chi connectivity index (χ4v) is 27.0. The maximum Gasteiger partial charge on any atom is 0.351 e. The lowest BCUT2D eigenvalue weighted by Crippen LogP contribution is -2.34. The van der Waals surface area contributed by atoms with Crippen LogP contribution in [0.4, 0.5) is 29.2 Å². The highest BCUT2D eigenvalue weighted by Crippen LogP contribution is 2.57. The summed E-state index contributed by atoms with van der Waals surface area (Å²) >= 11 is 38.3. The first-order chi connectivity index (χ1) is 69.5. The van der Waals surface area contributed by atoms with Gasteiger partial charge in [0.2, 0.25) is 5.95 Å². The molecule has 0 amide bonds. The Hall–Kier alpha value is -7.36. The first kappa shape index (κ1) is 109. The molecule has 28 atom stereocenters. The zero-order chi connectivity index (χ0) is 105. The van der Waals surface area contributed by atoms with Crippen molar-refractivity contribution in [1.82, 2.24) is 107 Å². The fourth-order valence-electron chi connectivity index (χ4n) is 17.3. The summed E-state index contributed by atoms with van der Waals surface area (Å²) in [6.45, 7) is -32.2. The van der Waals surface area contributed by atoms with Gasteiger partial charge in [-0.25, -0.2) is 64.2 Å². The third kappa shape index (κ3) is 24.9. The van der Waals surface area contributed by atoms with Crippen LogP contribution in [0, 0.1) is 20.8 Å². The number of ether oxygens (including phenoxy) is 7. The summed E-state index contributed by atoms with van der Waals surface area (Å²) in [6.07, 6.45) is -16.9. The van der Waals surface area contributed by atoms with Crippen LogP contribution in [0.5, 0.6) is 0 Å². The number of fused-ring (bicyclic) bond motifs is 4. The van der Waals surface area contributed by atoms with Crippen molar-refractivity contribution in [3.05, 3.63) is 142 Å². The molecule has 0 aromatic carbocycles. The number of nitrogens with one attached hydrogen (secondary N) is 3. The van der Waals surface area contributed by atoms with E-state index in [9.17, 15) is 52.9 Å². The number of hydrogen-bond acceptors (Lipinski definition) is 58. The van der Waals surface area contributed by atoms with Gasteiger partial charge in [0.15, 0.2) is 52.4 Å². The first-order valence-corrected chi connectivity index (χ1v) is 61.9. The molecule has 14 unspecified atom stereocenters. The van der Waals surface area contributed by atoms with Crippen LogP contribution < -0.4 is 91.8 Å². The molecular formula is C72H87N27O34P7S7-7. The lowest BCUT2D eigenvalue weighted by Gasteiger charge is -2.36. The number of nitrogens with zero attached hydrogens (tertiary/aromatic N) is 19. The Labute approximate surface area is 861 Å². The van der Waals surface area contributed by atoms with Crippen LogP contribution in [0.1, 0.15) is 119 Å². The van der Waals surface area contributed by atoms with Crippen LogP contribution >= 0.6 is 47.1 Å². The van der Waals surface area contributed by atoms with Gasteiger partial charge in [-0.3, -0.25) is 65.9 Å². The molecule has 7 aliphatic heterocycles. The maximum absolute atomic E-state index is 15.1. The SMILES string of the molecule is CC[C@H]1O[C@@H](n2cc(C)c(=O)[nH]c2=O)CC1OP([O-])(=S)OC[C@H]1O[C@@H](n2cnc3c(N)ncnc32)CC1OP(=O)([S-])OC[C@H]1O[C@@H](n2cc(C)c(N)nc2=O)CC1OP([O-])(=S)OC[C@H]1O[C@@H](n2cnc3c(N)ncnc32)CC1OP([O-])(=S)OC[C@H]1O[C@@H](n2cc(C)c(=O)[nH]c2=O)CC1OP([O-])(=S)OC[C@H]1O[C@@H](n2cnc3c(=O)[nH]c(N)nc32)CC1OP([O-])(=S)OC[C@H]1O[C@@H](n2cnc3c(N)ncnc32)CC1OP([O-])(=S)OC. The van der Waals surface area contributed by atoms with Gasteiger partial charge in [-0.05, 0) is 27.2 Å². The molecule has 0 spiro atoms. The van der Waals surface area contributed by atoms with Gasteiger partial charge in [0.1, 0.15) is 162 Å². The van der Waals surface area contributed by atoms with Crippen molar-refractivity contribution in [2.45, 2.75) is 208 Å². The summed E-state index contributed by atoms with van der Waals surface area (Å²) < 4.78 is 150. The van der Waals surface area contributed by atoms with E-state index in [-0.39, 0.29) is 124 Å². The summed E-state index contributed by atoms with van der Waals surface area (Å²) in [4.78, 5) is 222. The van der Waals surface area contributed by atoms with Crippen molar-refractivity contribution in [2.75, 3.05) is 75.4 Å². The number of anilines is 5. The highest BCUT2D eigenvalue weighted by atomic mass is 32.7. The summed E-state index contributed by atoms with van der Waals surface area (Å²) in [5, 5.41) is 0. The molecule has 11 aromatic heterocycles. The van der Waals surface area contributed by atoms with E-state index in [4.69, 9.17) is 208 Å². The fraction of sp³-hybridized carbons (Fsp3) is 0.556. The van der Waals surface area contributed by atoms with Crippen LogP contribution in [0.25, 0.3) is 44.7 Å². The highest BCUT2D eigenvalue weighted by Gasteiger charge is 2.50. The van der Waals surface area contributed by atoms with Gasteiger partial charge in [0.25, 0.3) is 16.7 Å². The van der Waals surface area contributed by atoms with Gasteiger partial charge in [-0.1, -0.05) is 77.8 Å². The minimum atomic E-state index is -5.03. The number of nitrogens with two attached hydrogens (primary N) is 5. The molecule has 0 aliphatic carbocycles. The predicted octanol–water partition coefficient (Wildman–Crippen LogP) is -2.14. The molecule has 7 saturated heterocycles. The van der Waals surface area contributed by atoms with Gasteiger partial charge in [0, 0.05) is 87.3 Å². The number of rotatable bonds is 41. The molecule has 61 nitrogen and oxygen atoms in total. The molecule has 75 heteroatoms. The second-order valence-electron chi connectivity index (χ2n) is 34.0. The molecule has 0 radical (unpaired) electrons. The third-order valence-corrected chi connectivity index (χ3v) is 35.5. The topological polar surface area (TPSA) is 818 Å². The van der Waals surface area contributed by atoms with Gasteiger partial charge in [0.05, 0.1) is 114 Å². The minimum absolute atomic E-state index is 0.00984. The molecule has 7 fully saturated rings. The van der Waals surface area contributed by atoms with Crippen molar-refractivity contribution in [2.24, 2.45) is 0 Å². The average Bonchev–Trinajstić information content (AvgIpc) is 1.63. The average molecular weight is 2320 g/mol. The molecule has 0 saturated carbocycles. The lowest BCUT2D eigenvalue weighted by atomic mass is 10.1. The number of aromatic amines is 3. The molecule has 13 N–H and O–H groups in total. The Morgan fingerprint density at radius 2 is 0.646 bits per heavy atom. The van der Waals surface area contributed by atoms with E-state index >= 15 is 9.79 Å². The minimum Gasteiger partial charge on any atom is -0.780 e. The maximum atomic E-state index is 15.1. The quantitative estimate of drug-likeness (QED) is 0.0150. The normalized spacial score (nSPS) is 29.4. The van der Waals surface area contributed by atoms with Crippen molar-refractivity contribution in [1.29, 1.82) is 0 Å². The van der Waals surface area contributed by atoms with E-state index in [0.717, 1.165) is 33.3 Å². The molecule has 147 heavy (non-hydrogen) atoms. The van der Waals surface area contributed by atoms with Crippen molar-refractivity contribution >= 4 is 204 Å². The molecule has 798 valence electrons. The van der Waals surface area contributed by atoms with E-state index in [0.29, 0.717) is 5.56 Å². The van der Waals surface area contributed by atoms with Gasteiger partial charge in [-0.15, -0.1) is 0 Å². The van der Waals surface area contributed by atoms with Crippen LogP contribution in [-0.4, -0.2) is 239 Å². The van der Waals surface area contributed by atoms with Crippen molar-refractivity contribution in [3.63, 3.8) is 0 Å². The number of H-pyrrole nitrogens is 3. The number of hydrogen-bond donors (Lipinski definition) is 8. The van der Waals surface area contributed by atoms with E-state index in [1.807, 2.05) is 0 Å². The first-order valence-electron chi connectivity index (χ1n) is 44.0. The van der Waals surface area contributed by atoms with Crippen molar-refractivity contribution in [3.8, 4) is 0 Å². The zero-order valence-corrected chi connectivity index (χ0v) is 88.5. The van der Waals surface area contributed by atoms with E-state index in [1.165, 1.54) is 82.5 Å². The molecule has 18 heterocycles. The summed E-state index contributed by atoms with van der Waals surface area (Å²) in [5.74, 6) is -0.442. The van der Waals surface area contributed by atoms with E-state index < -0.39 is 262 Å². The summed E-state index contributed by atoms with van der Waals surface area (Å²) in [5.41, 5.74) is 26.9. The Bertz CT molecular complexity index is 7600. The van der Waals surface area contributed by atoms with E-state index in [2.05, 4.69) is 74.8 Å². The zero-order valence-electron chi connectivity index (χ0n) is 76.5. The Morgan fingerprint density at radius 3 is 0.986 bits per heavy atom. The Balaban J connectivity index is 0.560. The monoisotopic (exact) mass is 2310 g/mol. The third-order valence-electron chi connectivity index (χ3n) is 24.4. The molecule has 0 bridgehead atoms. The summed E-state index contributed by atoms with van der Waals surface area (Å²) in [7, 11) is 1.06. The van der Waals surface area contributed by atoms with Crippen LogP contribution in [0.3, 0.4) is 0 Å². The Kier molecular flexibility index (Phi) is 32.7. The standard InChI is InChI=1S/C72H94N27O34P7S7/c1-6-33-34(7-47(120-33)94-15-31(3)66(100)91-71(94)104)128-135(107,142)114-20-44-38(11-51(124-44)97-27-85-55-60(75)79-24-82-63(55)97)131-139(111,146)116-18-42-36(8-48(121-42)93-14-30(2)58(73)88-70(93)103)129-136(108,143)118-21-45-39(12-52(125-45)98-28-86-56-61(76)80-25-83-64(56)98)132-140(112,147)117-19-43-37(9-49(122-43)95-16-32(4)67(101)92-72(95)105)130-137(109,144)119-22-46-40(13-53(126-46)99-29-87-57-65(99)89-69(77)90-68(57)102)133-138(110,145)115-17-41-35(127-134(106,141)113-5)10-50(123-41)96-26-84-54-59(74)78-23-81-62(54)96/h14-16,23-29,33-53H,6-13,17-22H2,1-5H3,(H,106,141)(H,107,142)(H,108,143)(H,109,144)(H,110,145)(H,111,146)(H,112,147)(H2,73,88,103)(H2,74,78,81)(H2,75,79,82)(H2,76,80,83)(H,91,100,104)(H,92,101,105)(H3,77,89,90,102)/p-7/t33-,34?,35?,36?,37?,38?,39?,40?,41-,42-,43-,44-,45-,46-,47-,48-,49-,50-,51-,52-,53-,134?,135?,136?,137?,138?,139?,140?/m1/s1. The predicted molar refractivity (Wildman–Crippen MR) is 519 cm³/mol. The molecular weight excluding hydrogens is 2230 g/mol. The summed E-state index contributed by atoms with van der Waals surface area (Å²) in [6, 6.07) is 0. The van der Waals surface area contributed by atoms with Crippen LogP contribution in [0.15, 0.2) is 91.6 Å². The second kappa shape index (κ2) is 43.9. The van der Waals surface area contributed by atoms with Gasteiger partial charge >= 0.3 is 17.1 Å². The number of aryl methyl sites for hydroxylation is 3. The number of nitrogen functional groups attached to an aromatic ring is 5. The van der Waals surface area contributed by atoms with Crippen molar-refractivity contribution < 1.29 is 130 Å². The van der Waals surface area contributed by atoms with Crippen LogP contribution in [0.2, 0.25) is 0 Å². The van der Waals surface area contributed by atoms with E-state index in [1.54, 1.807) is 13.8 Å². The molecule has 18 rings (SSSR count). The number of aromatic nitrogens is 22. The van der Waals surface area contributed by atoms with Gasteiger partial charge < -0.3 is 167 Å². The number of imidazole rings is 4. The molecule has 7 aliphatic rings. The molecule has 11 aromatic rings. The lowest BCUT2D eigenvalue weighted by molar-refractivity contribution is -0.221. The second-order valence-corrected chi connectivity index (χ2v) is 53.1. The largest absolute Gasteiger partial charge is 0.780 e. The van der Waals surface area contributed by atoms with Crippen LogP contribution in [-0.2, 0) is 184 Å². The smallest absolute Gasteiger partial charge is 0.351 e.